The summed E-state index contributed by atoms with van der Waals surface area (Å²) in [6.45, 7) is -0.182. The van der Waals surface area contributed by atoms with Crippen molar-refractivity contribution in [1.82, 2.24) is 10.1 Å². The Hall–Kier alpha value is -2.73. The van der Waals surface area contributed by atoms with Crippen LogP contribution in [0.5, 0.6) is 0 Å². The van der Waals surface area contributed by atoms with Crippen molar-refractivity contribution in [2.24, 2.45) is 0 Å². The molecule has 0 spiro atoms. The van der Waals surface area contributed by atoms with Crippen molar-refractivity contribution >= 4 is 17.6 Å². The number of ether oxygens (including phenoxy) is 1. The highest BCUT2D eigenvalue weighted by atomic mass is 35.5. The summed E-state index contributed by atoms with van der Waals surface area (Å²) >= 11 is 5.91. The van der Waals surface area contributed by atoms with Crippen LogP contribution < -0.4 is 0 Å². The number of carbonyl (C=O) groups excluding carboxylic acids is 1. The molecule has 2 aromatic carbocycles. The van der Waals surface area contributed by atoms with Crippen molar-refractivity contribution in [3.05, 3.63) is 70.8 Å². The summed E-state index contributed by atoms with van der Waals surface area (Å²) in [5.74, 6) is -0.526. The number of benzene rings is 2. The van der Waals surface area contributed by atoms with E-state index in [0.717, 1.165) is 0 Å². The van der Waals surface area contributed by atoms with Crippen molar-refractivity contribution in [3.63, 3.8) is 0 Å². The topological polar surface area (TPSA) is 65.2 Å². The number of esters is 1. The number of rotatable bonds is 4. The smallest absolute Gasteiger partial charge is 0.340 e. The van der Waals surface area contributed by atoms with Gasteiger partial charge in [-0.05, 0) is 36.4 Å². The lowest BCUT2D eigenvalue weighted by atomic mass is 10.2. The molecule has 1 heterocycles. The first-order chi connectivity index (χ1) is 11.1. The lowest BCUT2D eigenvalue weighted by Crippen LogP contribution is -2.06. The SMILES string of the molecule is O=C(OCc1nc(-c2ccc(F)cc2)no1)c1ccccc1Cl. The maximum atomic E-state index is 12.9. The van der Waals surface area contributed by atoms with Gasteiger partial charge in [0.15, 0.2) is 6.61 Å². The van der Waals surface area contributed by atoms with Gasteiger partial charge in [0.05, 0.1) is 10.6 Å². The van der Waals surface area contributed by atoms with Gasteiger partial charge in [0.25, 0.3) is 5.89 Å². The van der Waals surface area contributed by atoms with Crippen LogP contribution in [0.2, 0.25) is 5.02 Å². The van der Waals surface area contributed by atoms with E-state index in [9.17, 15) is 9.18 Å². The first kappa shape index (κ1) is 15.2. The Morgan fingerprint density at radius 1 is 1.17 bits per heavy atom. The van der Waals surface area contributed by atoms with E-state index in [0.29, 0.717) is 10.6 Å². The molecule has 0 unspecified atom stereocenters. The van der Waals surface area contributed by atoms with Crippen molar-refractivity contribution in [1.29, 1.82) is 0 Å². The Bertz CT molecular complexity index is 833. The molecule has 0 saturated carbocycles. The van der Waals surface area contributed by atoms with Gasteiger partial charge in [-0.2, -0.15) is 4.98 Å². The normalized spacial score (nSPS) is 10.5. The summed E-state index contributed by atoms with van der Waals surface area (Å²) in [6, 6.07) is 12.2. The largest absolute Gasteiger partial charge is 0.452 e. The van der Waals surface area contributed by atoms with Crippen LogP contribution in [-0.2, 0) is 11.3 Å². The minimum atomic E-state index is -0.586. The summed E-state index contributed by atoms with van der Waals surface area (Å²) in [7, 11) is 0. The molecule has 0 aliphatic carbocycles. The van der Waals surface area contributed by atoms with Crippen LogP contribution in [0.3, 0.4) is 0 Å². The summed E-state index contributed by atoms with van der Waals surface area (Å²) in [5.41, 5.74) is 0.853. The highest BCUT2D eigenvalue weighted by Gasteiger charge is 2.14. The highest BCUT2D eigenvalue weighted by Crippen LogP contribution is 2.18. The van der Waals surface area contributed by atoms with Gasteiger partial charge in [0, 0.05) is 5.56 Å². The van der Waals surface area contributed by atoms with Crippen LogP contribution in [0.4, 0.5) is 4.39 Å². The molecule has 0 saturated heterocycles. The van der Waals surface area contributed by atoms with Gasteiger partial charge in [-0.25, -0.2) is 9.18 Å². The zero-order chi connectivity index (χ0) is 16.2. The van der Waals surface area contributed by atoms with Crippen LogP contribution in [0, 0.1) is 5.82 Å². The zero-order valence-corrected chi connectivity index (χ0v) is 12.5. The minimum absolute atomic E-state index is 0.129. The molecule has 7 heteroatoms. The van der Waals surface area contributed by atoms with Crippen LogP contribution in [0.1, 0.15) is 16.2 Å². The Morgan fingerprint density at radius 2 is 1.91 bits per heavy atom. The number of carbonyl (C=O) groups is 1. The molecular formula is C16H10ClFN2O3. The van der Waals surface area contributed by atoms with E-state index in [4.69, 9.17) is 20.9 Å². The molecule has 5 nitrogen and oxygen atoms in total. The molecule has 23 heavy (non-hydrogen) atoms. The fourth-order valence-electron chi connectivity index (χ4n) is 1.86. The summed E-state index contributed by atoms with van der Waals surface area (Å²) in [4.78, 5) is 16.0. The average molecular weight is 333 g/mol. The fraction of sp³-hybridized carbons (Fsp3) is 0.0625. The number of nitrogens with zero attached hydrogens (tertiary/aromatic N) is 2. The molecule has 116 valence electrons. The van der Waals surface area contributed by atoms with Crippen LogP contribution >= 0.6 is 11.6 Å². The van der Waals surface area contributed by atoms with Crippen molar-refractivity contribution in [2.45, 2.75) is 6.61 Å². The molecule has 0 atom stereocenters. The number of hydrogen-bond donors (Lipinski definition) is 0. The second-order valence-corrected chi connectivity index (χ2v) is 4.98. The van der Waals surface area contributed by atoms with Crippen LogP contribution in [-0.4, -0.2) is 16.1 Å². The van der Waals surface area contributed by atoms with Gasteiger partial charge in [-0.1, -0.05) is 28.9 Å². The molecular weight excluding hydrogens is 323 g/mol. The number of aromatic nitrogens is 2. The molecule has 3 rings (SSSR count). The quantitative estimate of drug-likeness (QED) is 0.678. The second-order valence-electron chi connectivity index (χ2n) is 4.57. The third kappa shape index (κ3) is 3.54. The lowest BCUT2D eigenvalue weighted by Gasteiger charge is -2.03. The molecule has 0 bridgehead atoms. The van der Waals surface area contributed by atoms with E-state index in [1.165, 1.54) is 24.3 Å². The monoisotopic (exact) mass is 332 g/mol. The fourth-order valence-corrected chi connectivity index (χ4v) is 2.07. The molecule has 1 aromatic heterocycles. The maximum absolute atomic E-state index is 12.9. The van der Waals surface area contributed by atoms with Gasteiger partial charge in [-0.3, -0.25) is 0 Å². The molecule has 0 amide bonds. The predicted octanol–water partition coefficient (Wildman–Crippen LogP) is 3.89. The summed E-state index contributed by atoms with van der Waals surface area (Å²) in [5, 5.41) is 4.06. The van der Waals surface area contributed by atoms with Gasteiger partial charge in [0.1, 0.15) is 5.82 Å². The van der Waals surface area contributed by atoms with Crippen LogP contribution in [0.15, 0.2) is 53.1 Å². The molecule has 3 aromatic rings. The standard InChI is InChI=1S/C16H10ClFN2O3/c17-13-4-2-1-3-12(13)16(21)22-9-14-19-15(20-23-14)10-5-7-11(18)8-6-10/h1-8H,9H2. The third-order valence-electron chi connectivity index (χ3n) is 2.99. The molecule has 0 fully saturated rings. The maximum Gasteiger partial charge on any atom is 0.340 e. The first-order valence-corrected chi connectivity index (χ1v) is 7.01. The number of hydrogen-bond acceptors (Lipinski definition) is 5. The summed E-state index contributed by atoms with van der Waals surface area (Å²) < 4.78 is 23.0. The second kappa shape index (κ2) is 6.58. The van der Waals surface area contributed by atoms with Crippen molar-refractivity contribution in [2.75, 3.05) is 0 Å². The zero-order valence-electron chi connectivity index (χ0n) is 11.7. The van der Waals surface area contributed by atoms with E-state index >= 15 is 0 Å². The molecule has 0 N–H and O–H groups in total. The number of halogens is 2. The van der Waals surface area contributed by atoms with Crippen LogP contribution in [0.25, 0.3) is 11.4 Å². The molecule has 0 radical (unpaired) electrons. The van der Waals surface area contributed by atoms with E-state index in [1.54, 1.807) is 24.3 Å². The highest BCUT2D eigenvalue weighted by molar-refractivity contribution is 6.33. The van der Waals surface area contributed by atoms with Crippen molar-refractivity contribution < 1.29 is 18.4 Å². The van der Waals surface area contributed by atoms with Gasteiger partial charge in [0.2, 0.25) is 5.82 Å². The lowest BCUT2D eigenvalue weighted by molar-refractivity contribution is 0.0430. The van der Waals surface area contributed by atoms with Gasteiger partial charge < -0.3 is 9.26 Å². The van der Waals surface area contributed by atoms with Crippen molar-refractivity contribution in [3.8, 4) is 11.4 Å². The Labute approximate surface area is 135 Å². The summed E-state index contributed by atoms with van der Waals surface area (Å²) in [6.07, 6.45) is 0. The van der Waals surface area contributed by atoms with Gasteiger partial charge >= 0.3 is 5.97 Å². The molecule has 0 aliphatic rings. The Balaban J connectivity index is 1.67. The predicted molar refractivity (Wildman–Crippen MR) is 80.3 cm³/mol. The minimum Gasteiger partial charge on any atom is -0.452 e. The van der Waals surface area contributed by atoms with E-state index in [-0.39, 0.29) is 29.7 Å². The molecule has 0 aliphatic heterocycles. The third-order valence-corrected chi connectivity index (χ3v) is 3.32. The average Bonchev–Trinajstić information content (AvgIpc) is 3.03. The Morgan fingerprint density at radius 3 is 2.65 bits per heavy atom. The Kier molecular flexibility index (Phi) is 4.34. The van der Waals surface area contributed by atoms with E-state index in [2.05, 4.69) is 10.1 Å². The van der Waals surface area contributed by atoms with E-state index < -0.39 is 5.97 Å². The van der Waals surface area contributed by atoms with E-state index in [1.807, 2.05) is 0 Å². The van der Waals surface area contributed by atoms with Gasteiger partial charge in [-0.15, -0.1) is 0 Å². The first-order valence-electron chi connectivity index (χ1n) is 6.63.